The summed E-state index contributed by atoms with van der Waals surface area (Å²) in [6.45, 7) is 0. The topological polar surface area (TPSA) is 16.4 Å². The van der Waals surface area contributed by atoms with Gasteiger partial charge in [0.2, 0.25) is 0 Å². The Morgan fingerprint density at radius 3 is 1.83 bits per heavy atom. The standard InChI is InChI=1S/C50H31NOS/c1-3-12-39-34(9-1)11-7-15-40(39)36-21-19-32(20-22-36)33-23-26-37(27-24-33)51(38-28-30-43-42-14-5-6-18-47(42)53-48(43)31-38)45-16-8-17-46-49(45)44-29-25-35-10-2-4-13-41(35)50(44)52-46/h1-31H. The van der Waals surface area contributed by atoms with Crippen LogP contribution in [0.15, 0.2) is 192 Å². The van der Waals surface area contributed by atoms with Crippen LogP contribution in [0.4, 0.5) is 17.1 Å². The van der Waals surface area contributed by atoms with E-state index in [0.717, 1.165) is 44.4 Å². The highest BCUT2D eigenvalue weighted by Crippen LogP contribution is 2.46. The van der Waals surface area contributed by atoms with Crippen molar-refractivity contribution in [2.45, 2.75) is 0 Å². The molecular formula is C50H31NOS. The Kier molecular flexibility index (Phi) is 6.76. The van der Waals surface area contributed by atoms with Crippen molar-refractivity contribution >= 4 is 92.1 Å². The fourth-order valence-electron chi connectivity index (χ4n) is 8.12. The molecule has 0 aliphatic carbocycles. The van der Waals surface area contributed by atoms with Gasteiger partial charge in [0.1, 0.15) is 11.2 Å². The molecule has 0 unspecified atom stereocenters. The minimum Gasteiger partial charge on any atom is -0.455 e. The van der Waals surface area contributed by atoms with E-state index in [9.17, 15) is 0 Å². The molecule has 0 atom stereocenters. The van der Waals surface area contributed by atoms with Crippen molar-refractivity contribution in [2.75, 3.05) is 4.90 Å². The molecule has 53 heavy (non-hydrogen) atoms. The van der Waals surface area contributed by atoms with Gasteiger partial charge in [0, 0.05) is 42.3 Å². The van der Waals surface area contributed by atoms with Crippen molar-refractivity contribution in [3.63, 3.8) is 0 Å². The SMILES string of the molecule is c1ccc2c(-c3ccc(-c4ccc(N(c5ccc6c(c5)sc5ccccc56)c5cccc6oc7c8ccccc8ccc7c56)cc4)cc3)cccc2c1. The van der Waals surface area contributed by atoms with Crippen LogP contribution in [0.5, 0.6) is 0 Å². The quantitative estimate of drug-likeness (QED) is 0.178. The van der Waals surface area contributed by atoms with Gasteiger partial charge >= 0.3 is 0 Å². The van der Waals surface area contributed by atoms with E-state index in [1.807, 2.05) is 11.3 Å². The maximum atomic E-state index is 6.66. The lowest BCUT2D eigenvalue weighted by Crippen LogP contribution is -2.10. The lowest BCUT2D eigenvalue weighted by Gasteiger charge is -2.26. The molecule has 2 aromatic heterocycles. The normalized spacial score (nSPS) is 11.8. The van der Waals surface area contributed by atoms with E-state index < -0.39 is 0 Å². The highest BCUT2D eigenvalue weighted by atomic mass is 32.1. The van der Waals surface area contributed by atoms with Gasteiger partial charge in [-0.15, -0.1) is 11.3 Å². The summed E-state index contributed by atoms with van der Waals surface area (Å²) in [6.07, 6.45) is 0. The summed E-state index contributed by atoms with van der Waals surface area (Å²) in [5, 5.41) is 9.65. The number of furan rings is 1. The second-order valence-corrected chi connectivity index (χ2v) is 14.8. The second-order valence-electron chi connectivity index (χ2n) is 13.7. The molecule has 2 heterocycles. The van der Waals surface area contributed by atoms with E-state index in [1.165, 1.54) is 58.6 Å². The van der Waals surface area contributed by atoms with Crippen LogP contribution in [0, 0.1) is 0 Å². The molecule has 0 fully saturated rings. The molecule has 9 aromatic carbocycles. The molecule has 11 aromatic rings. The zero-order chi connectivity index (χ0) is 34.9. The molecule has 0 N–H and O–H groups in total. The minimum atomic E-state index is 0.879. The first kappa shape index (κ1) is 30.0. The van der Waals surface area contributed by atoms with E-state index in [4.69, 9.17) is 4.42 Å². The Labute approximate surface area is 310 Å². The second kappa shape index (κ2) is 11.9. The zero-order valence-corrected chi connectivity index (χ0v) is 29.5. The molecule has 0 aliphatic rings. The number of benzene rings is 9. The van der Waals surface area contributed by atoms with Gasteiger partial charge in [0.25, 0.3) is 0 Å². The lowest BCUT2D eigenvalue weighted by atomic mass is 9.96. The van der Waals surface area contributed by atoms with E-state index in [0.29, 0.717) is 0 Å². The maximum Gasteiger partial charge on any atom is 0.143 e. The number of hydrogen-bond donors (Lipinski definition) is 0. The van der Waals surface area contributed by atoms with E-state index in [2.05, 4.69) is 193 Å². The van der Waals surface area contributed by atoms with Gasteiger partial charge in [-0.1, -0.05) is 140 Å². The van der Waals surface area contributed by atoms with Crippen LogP contribution in [0.2, 0.25) is 0 Å². The van der Waals surface area contributed by atoms with Gasteiger partial charge in [0.15, 0.2) is 0 Å². The molecule has 0 saturated heterocycles. The summed E-state index contributed by atoms with van der Waals surface area (Å²) < 4.78 is 9.23. The van der Waals surface area contributed by atoms with Crippen molar-refractivity contribution in [3.8, 4) is 22.3 Å². The van der Waals surface area contributed by atoms with Crippen LogP contribution in [0.3, 0.4) is 0 Å². The van der Waals surface area contributed by atoms with Crippen molar-refractivity contribution in [3.05, 3.63) is 188 Å². The highest BCUT2D eigenvalue weighted by molar-refractivity contribution is 7.25. The molecule has 11 rings (SSSR count). The fraction of sp³-hybridized carbons (Fsp3) is 0. The Morgan fingerprint density at radius 1 is 0.396 bits per heavy atom. The number of hydrogen-bond acceptors (Lipinski definition) is 3. The molecule has 0 aliphatic heterocycles. The van der Waals surface area contributed by atoms with Crippen LogP contribution >= 0.6 is 11.3 Å². The summed E-state index contributed by atoms with van der Waals surface area (Å²) in [5.41, 5.74) is 9.93. The van der Waals surface area contributed by atoms with Crippen LogP contribution in [-0.4, -0.2) is 0 Å². The zero-order valence-electron chi connectivity index (χ0n) is 28.7. The third-order valence-electron chi connectivity index (χ3n) is 10.7. The van der Waals surface area contributed by atoms with E-state index in [1.54, 1.807) is 0 Å². The van der Waals surface area contributed by atoms with E-state index in [-0.39, 0.29) is 0 Å². The van der Waals surface area contributed by atoms with Crippen LogP contribution in [0.25, 0.3) is 85.9 Å². The number of fused-ring (bicyclic) bond motifs is 9. The average Bonchev–Trinajstić information content (AvgIpc) is 3.80. The van der Waals surface area contributed by atoms with Crippen LogP contribution in [0.1, 0.15) is 0 Å². The first-order valence-electron chi connectivity index (χ1n) is 18.0. The van der Waals surface area contributed by atoms with Crippen molar-refractivity contribution in [1.29, 1.82) is 0 Å². The summed E-state index contributed by atoms with van der Waals surface area (Å²) in [7, 11) is 0. The molecule has 3 heteroatoms. The molecule has 0 amide bonds. The third kappa shape index (κ3) is 4.86. The van der Waals surface area contributed by atoms with Gasteiger partial charge < -0.3 is 9.32 Å². The lowest BCUT2D eigenvalue weighted by molar-refractivity contribution is 0.672. The minimum absolute atomic E-state index is 0.879. The Morgan fingerprint density at radius 2 is 1.00 bits per heavy atom. The predicted molar refractivity (Wildman–Crippen MR) is 227 cm³/mol. The Bertz CT molecular complexity index is 3160. The average molecular weight is 694 g/mol. The molecule has 248 valence electrons. The van der Waals surface area contributed by atoms with Gasteiger partial charge in [-0.3, -0.25) is 0 Å². The van der Waals surface area contributed by atoms with Gasteiger partial charge in [-0.05, 0) is 86.9 Å². The summed E-state index contributed by atoms with van der Waals surface area (Å²) in [4.78, 5) is 2.39. The number of rotatable bonds is 5. The Balaban J connectivity index is 1.05. The largest absolute Gasteiger partial charge is 0.455 e. The van der Waals surface area contributed by atoms with Crippen molar-refractivity contribution < 1.29 is 4.42 Å². The van der Waals surface area contributed by atoms with Gasteiger partial charge in [-0.2, -0.15) is 0 Å². The van der Waals surface area contributed by atoms with Gasteiger partial charge in [-0.25, -0.2) is 0 Å². The first-order chi connectivity index (χ1) is 26.3. The molecule has 0 bridgehead atoms. The predicted octanol–water partition coefficient (Wildman–Crippen LogP) is 15.1. The molecule has 0 radical (unpaired) electrons. The van der Waals surface area contributed by atoms with Crippen molar-refractivity contribution in [2.24, 2.45) is 0 Å². The molecule has 0 saturated carbocycles. The maximum absolute atomic E-state index is 6.66. The van der Waals surface area contributed by atoms with E-state index >= 15 is 0 Å². The van der Waals surface area contributed by atoms with Crippen molar-refractivity contribution in [1.82, 2.24) is 0 Å². The molecular weight excluding hydrogens is 663 g/mol. The summed E-state index contributed by atoms with van der Waals surface area (Å²) in [5.74, 6) is 0. The smallest absolute Gasteiger partial charge is 0.143 e. The summed E-state index contributed by atoms with van der Waals surface area (Å²) >= 11 is 1.85. The van der Waals surface area contributed by atoms with Crippen LogP contribution < -0.4 is 4.90 Å². The first-order valence-corrected chi connectivity index (χ1v) is 18.8. The number of nitrogens with zero attached hydrogens (tertiary/aromatic N) is 1. The fourth-order valence-corrected chi connectivity index (χ4v) is 9.26. The molecule has 2 nitrogen and oxygen atoms in total. The highest BCUT2D eigenvalue weighted by Gasteiger charge is 2.21. The third-order valence-corrected chi connectivity index (χ3v) is 11.8. The number of thiophene rings is 1. The van der Waals surface area contributed by atoms with Gasteiger partial charge in [0.05, 0.1) is 11.1 Å². The summed E-state index contributed by atoms with van der Waals surface area (Å²) in [6, 6.07) is 68.0. The number of anilines is 3. The monoisotopic (exact) mass is 693 g/mol. The Hall–Kier alpha value is -6.68. The van der Waals surface area contributed by atoms with Crippen LogP contribution in [-0.2, 0) is 0 Å². The molecule has 0 spiro atoms.